The van der Waals surface area contributed by atoms with Crippen LogP contribution in [0.25, 0.3) is 5.69 Å². The maximum atomic E-state index is 8.82. The lowest BCUT2D eigenvalue weighted by molar-refractivity contribution is -0.00000711. The van der Waals surface area contributed by atoms with Gasteiger partial charge in [0, 0.05) is 13.1 Å². The predicted octanol–water partition coefficient (Wildman–Crippen LogP) is -1.45. The summed E-state index contributed by atoms with van der Waals surface area (Å²) in [6, 6.07) is 15.3. The topological polar surface area (TPSA) is 94.3 Å². The van der Waals surface area contributed by atoms with Gasteiger partial charge in [0.05, 0.1) is 19.4 Å². The van der Waals surface area contributed by atoms with Crippen LogP contribution in [0.3, 0.4) is 0 Å². The predicted molar refractivity (Wildman–Crippen MR) is 91.0 cm³/mol. The summed E-state index contributed by atoms with van der Waals surface area (Å²) in [5, 5.41) is 23.5. The number of tetrazole rings is 1. The fourth-order valence-corrected chi connectivity index (χ4v) is 2.29. The van der Waals surface area contributed by atoms with E-state index in [0.29, 0.717) is 24.6 Å². The summed E-state index contributed by atoms with van der Waals surface area (Å²) < 4.78 is 12.8. The van der Waals surface area contributed by atoms with Gasteiger partial charge in [-0.15, -0.1) is 0 Å². The quantitative estimate of drug-likeness (QED) is 0.464. The Labute approximate surface area is 157 Å². The molecular weight excluding hydrogens is 358 g/mol. The number of halogens is 1. The highest BCUT2D eigenvalue weighted by molar-refractivity contribution is 5.44. The second-order valence-corrected chi connectivity index (χ2v) is 5.20. The molecule has 3 rings (SSSR count). The molecule has 0 aliphatic heterocycles. The van der Waals surface area contributed by atoms with E-state index in [9.17, 15) is 0 Å². The smallest absolute Gasteiger partial charge is 0.346 e. The molecule has 0 amide bonds. The Morgan fingerprint density at radius 1 is 1.12 bits per heavy atom. The molecule has 0 aliphatic carbocycles. The van der Waals surface area contributed by atoms with Crippen molar-refractivity contribution < 1.29 is 27.0 Å². The van der Waals surface area contributed by atoms with Crippen molar-refractivity contribution in [3.05, 3.63) is 54.1 Å². The van der Waals surface area contributed by atoms with Crippen LogP contribution < -0.4 is 27.2 Å². The lowest BCUT2D eigenvalue weighted by atomic mass is 10.2. The number of para-hydroxylation sites is 1. The van der Waals surface area contributed by atoms with Crippen LogP contribution in [-0.2, 0) is 6.54 Å². The number of methoxy groups -OCH3 is 1. The number of aromatic nitrogens is 4. The Hall–Kier alpha value is -2.68. The molecule has 8 nitrogen and oxygen atoms in total. The minimum absolute atomic E-state index is 0. The molecule has 0 atom stereocenters. The van der Waals surface area contributed by atoms with Gasteiger partial charge in [0.1, 0.15) is 0 Å². The van der Waals surface area contributed by atoms with Crippen LogP contribution in [0.5, 0.6) is 17.5 Å². The van der Waals surface area contributed by atoms with Gasteiger partial charge in [-0.25, -0.2) is 0 Å². The molecule has 0 bridgehead atoms. The molecule has 0 saturated heterocycles. The van der Waals surface area contributed by atoms with Crippen LogP contribution in [0.1, 0.15) is 5.56 Å². The number of hydrogen-bond acceptors (Lipinski definition) is 7. The number of nitrogens with one attached hydrogen (secondary N) is 1. The van der Waals surface area contributed by atoms with E-state index in [1.165, 1.54) is 4.68 Å². The highest BCUT2D eigenvalue weighted by Gasteiger charge is 2.14. The molecule has 1 aromatic heterocycles. The maximum absolute atomic E-state index is 8.82. The first-order valence-corrected chi connectivity index (χ1v) is 7.82. The monoisotopic (exact) mass is 376 g/mol. The number of aliphatic hydroxyl groups excluding tert-OH is 1. The van der Waals surface area contributed by atoms with Crippen LogP contribution in [0.2, 0.25) is 0 Å². The third kappa shape index (κ3) is 4.69. The summed E-state index contributed by atoms with van der Waals surface area (Å²) in [6.45, 7) is 1.26. The molecule has 0 saturated carbocycles. The van der Waals surface area contributed by atoms with E-state index >= 15 is 0 Å². The third-order valence-electron chi connectivity index (χ3n) is 3.49. The highest BCUT2D eigenvalue weighted by Crippen LogP contribution is 2.31. The summed E-state index contributed by atoms with van der Waals surface area (Å²) >= 11 is 0. The van der Waals surface area contributed by atoms with E-state index in [-0.39, 0.29) is 25.0 Å². The van der Waals surface area contributed by atoms with E-state index < -0.39 is 0 Å². The zero-order valence-corrected chi connectivity index (χ0v) is 14.9. The molecule has 0 radical (unpaired) electrons. The minimum atomic E-state index is 0. The second kappa shape index (κ2) is 9.71. The van der Waals surface area contributed by atoms with Gasteiger partial charge < -0.3 is 32.3 Å². The Morgan fingerprint density at radius 3 is 2.65 bits per heavy atom. The summed E-state index contributed by atoms with van der Waals surface area (Å²) in [4.78, 5) is 0. The lowest BCUT2D eigenvalue weighted by Crippen LogP contribution is -3.00. The first kappa shape index (κ1) is 19.6. The van der Waals surface area contributed by atoms with E-state index in [1.807, 2.05) is 42.5 Å². The number of rotatable bonds is 8. The molecule has 2 aromatic carbocycles. The zero-order chi connectivity index (χ0) is 17.5. The molecule has 9 heteroatoms. The van der Waals surface area contributed by atoms with Gasteiger partial charge in [-0.2, -0.15) is 4.68 Å². The molecule has 0 spiro atoms. The van der Waals surface area contributed by atoms with E-state index in [4.69, 9.17) is 14.6 Å². The molecule has 0 aliphatic rings. The van der Waals surface area contributed by atoms with Gasteiger partial charge in [-0.3, -0.25) is 0 Å². The lowest BCUT2D eigenvalue weighted by Gasteiger charge is -2.12. The molecule has 1 heterocycles. The largest absolute Gasteiger partial charge is 1.00 e. The normalized spacial score (nSPS) is 10.2. The molecule has 2 N–H and O–H groups in total. The van der Waals surface area contributed by atoms with Crippen molar-refractivity contribution in [3.63, 3.8) is 0 Å². The van der Waals surface area contributed by atoms with Crippen molar-refractivity contribution in [2.24, 2.45) is 0 Å². The van der Waals surface area contributed by atoms with Crippen LogP contribution in [0.15, 0.2) is 48.5 Å². The van der Waals surface area contributed by atoms with E-state index in [2.05, 4.69) is 20.8 Å². The van der Waals surface area contributed by atoms with Crippen LogP contribution in [-0.4, -0.2) is 45.6 Å². The summed E-state index contributed by atoms with van der Waals surface area (Å²) in [6.07, 6.45) is 0. The SMILES string of the molecule is COc1cc(CNCCO)ccc1Oc1nnnn1-c1ccccc1.[Cl-]. The number of hydrogen-bond donors (Lipinski definition) is 2. The average molecular weight is 377 g/mol. The summed E-state index contributed by atoms with van der Waals surface area (Å²) in [7, 11) is 1.58. The highest BCUT2D eigenvalue weighted by atomic mass is 35.5. The third-order valence-corrected chi connectivity index (χ3v) is 3.49. The molecule has 0 fully saturated rings. The molecule has 3 aromatic rings. The van der Waals surface area contributed by atoms with Gasteiger partial charge in [0.2, 0.25) is 0 Å². The van der Waals surface area contributed by atoms with Gasteiger partial charge in [0.15, 0.2) is 11.5 Å². The van der Waals surface area contributed by atoms with Gasteiger partial charge in [-0.1, -0.05) is 29.4 Å². The van der Waals surface area contributed by atoms with E-state index in [0.717, 1.165) is 11.3 Å². The van der Waals surface area contributed by atoms with Crippen molar-refractivity contribution in [2.75, 3.05) is 20.3 Å². The Morgan fingerprint density at radius 2 is 1.92 bits per heavy atom. The first-order valence-electron chi connectivity index (χ1n) is 7.82. The number of aliphatic hydroxyl groups is 1. The average Bonchev–Trinajstić information content (AvgIpc) is 3.12. The first-order chi connectivity index (χ1) is 12.3. The molecule has 26 heavy (non-hydrogen) atoms. The van der Waals surface area contributed by atoms with Crippen molar-refractivity contribution in [1.82, 2.24) is 25.5 Å². The fraction of sp³-hybridized carbons (Fsp3) is 0.235. The van der Waals surface area contributed by atoms with Gasteiger partial charge in [-0.05, 0) is 40.3 Å². The summed E-state index contributed by atoms with van der Waals surface area (Å²) in [5.41, 5.74) is 1.81. The van der Waals surface area contributed by atoms with Crippen LogP contribution in [0, 0.1) is 0 Å². The number of benzene rings is 2. The maximum Gasteiger partial charge on any atom is 0.346 e. The van der Waals surface area contributed by atoms with Crippen molar-refractivity contribution in [2.45, 2.75) is 6.54 Å². The Kier molecular flexibility index (Phi) is 7.34. The molecule has 138 valence electrons. The minimum Gasteiger partial charge on any atom is -1.00 e. The second-order valence-electron chi connectivity index (χ2n) is 5.20. The van der Waals surface area contributed by atoms with Crippen molar-refractivity contribution in [1.29, 1.82) is 0 Å². The number of nitrogens with zero attached hydrogens (tertiary/aromatic N) is 4. The van der Waals surface area contributed by atoms with Gasteiger partial charge in [0.25, 0.3) is 0 Å². The molecule has 0 unspecified atom stereocenters. The van der Waals surface area contributed by atoms with E-state index in [1.54, 1.807) is 13.2 Å². The van der Waals surface area contributed by atoms with Crippen LogP contribution >= 0.6 is 0 Å². The zero-order valence-electron chi connectivity index (χ0n) is 14.2. The molecular formula is C17H19ClN5O3-. The van der Waals surface area contributed by atoms with Gasteiger partial charge >= 0.3 is 6.01 Å². The van der Waals surface area contributed by atoms with Crippen molar-refractivity contribution >= 4 is 0 Å². The van der Waals surface area contributed by atoms with Crippen molar-refractivity contribution in [3.8, 4) is 23.2 Å². The standard InChI is InChI=1S/C17H19N5O3.ClH/c1-24-16-11-13(12-18-9-10-23)7-8-15(16)25-17-19-20-21-22(17)14-5-3-2-4-6-14;/h2-8,11,18,23H,9-10,12H2,1H3;1H/p-1. The van der Waals surface area contributed by atoms with Crippen LogP contribution in [0.4, 0.5) is 0 Å². The Bertz CT molecular complexity index is 813. The summed E-state index contributed by atoms with van der Waals surface area (Å²) in [5.74, 6) is 1.09. The number of ether oxygens (including phenoxy) is 2. The fourth-order valence-electron chi connectivity index (χ4n) is 2.29. The Balaban J connectivity index is 0.00000243.